The van der Waals surface area contributed by atoms with Crippen molar-refractivity contribution < 1.29 is 18.1 Å². The van der Waals surface area contributed by atoms with Gasteiger partial charge in [-0.25, -0.2) is 4.57 Å². The van der Waals surface area contributed by atoms with Crippen LogP contribution in [0.4, 0.5) is 0 Å². The molecule has 0 aliphatic rings. The molecule has 0 bridgehead atoms. The normalized spacial score (nSPS) is 13.1. The van der Waals surface area contributed by atoms with Gasteiger partial charge in [0, 0.05) is 0 Å². The van der Waals surface area contributed by atoms with E-state index in [2.05, 4.69) is 6.92 Å². The number of para-hydroxylation sites is 1. The first kappa shape index (κ1) is 21.5. The van der Waals surface area contributed by atoms with E-state index in [1.807, 2.05) is 37.3 Å². The molecule has 2 rings (SSSR count). The Bertz CT molecular complexity index is 685. The minimum Gasteiger partial charge on any atom is -0.395 e. The van der Waals surface area contributed by atoms with Crippen molar-refractivity contribution in [1.29, 1.82) is 0 Å². The summed E-state index contributed by atoms with van der Waals surface area (Å²) < 4.78 is 30.0. The van der Waals surface area contributed by atoms with E-state index in [0.29, 0.717) is 18.1 Å². The molecule has 2 aromatic carbocycles. The van der Waals surface area contributed by atoms with Crippen molar-refractivity contribution in [3.05, 3.63) is 60.2 Å². The maximum atomic E-state index is 13.1. The Morgan fingerprint density at radius 2 is 1.30 bits per heavy atom. The second-order valence-corrected chi connectivity index (χ2v) is 8.23. The molecule has 2 aromatic rings. The van der Waals surface area contributed by atoms with E-state index in [-0.39, 0.29) is 0 Å². The van der Waals surface area contributed by atoms with Gasteiger partial charge in [0.15, 0.2) is 0 Å². The number of hydrogen-bond donors (Lipinski definition) is 0. The number of rotatable bonds is 13. The third-order valence-corrected chi connectivity index (χ3v) is 5.56. The van der Waals surface area contributed by atoms with E-state index < -0.39 is 7.82 Å². The topological polar surface area (TPSA) is 44.8 Å². The Morgan fingerprint density at radius 3 is 1.93 bits per heavy atom. The highest BCUT2D eigenvalue weighted by atomic mass is 31.2. The highest BCUT2D eigenvalue weighted by molar-refractivity contribution is 7.49. The lowest BCUT2D eigenvalue weighted by Gasteiger charge is -2.19. The summed E-state index contributed by atoms with van der Waals surface area (Å²) in [6.07, 6.45) is 8.13. The minimum absolute atomic E-state index is 0.351. The Balaban J connectivity index is 1.89. The molecular formula is C22H31O4P. The Labute approximate surface area is 163 Å². The fourth-order valence-corrected chi connectivity index (χ4v) is 3.90. The van der Waals surface area contributed by atoms with Gasteiger partial charge in [0.25, 0.3) is 0 Å². The molecule has 0 heterocycles. The molecule has 0 saturated heterocycles. The van der Waals surface area contributed by atoms with Crippen LogP contribution in [0.15, 0.2) is 54.6 Å². The standard InChI is InChI=1S/C22H31O4P/c1-3-4-5-6-7-8-12-19-24-27(23,25-21-13-10-9-11-14-21)26-22-17-15-20(2)16-18-22/h9-11,13-18H,3-8,12,19H2,1-2H3. The average molecular weight is 390 g/mol. The highest BCUT2D eigenvalue weighted by Gasteiger charge is 2.30. The molecule has 0 N–H and O–H groups in total. The Morgan fingerprint density at radius 1 is 0.741 bits per heavy atom. The van der Waals surface area contributed by atoms with Crippen molar-refractivity contribution in [2.45, 2.75) is 58.8 Å². The zero-order chi connectivity index (χ0) is 19.4. The van der Waals surface area contributed by atoms with Crippen LogP contribution in [0.1, 0.15) is 57.4 Å². The van der Waals surface area contributed by atoms with E-state index >= 15 is 0 Å². The minimum atomic E-state index is -3.74. The van der Waals surface area contributed by atoms with Crippen molar-refractivity contribution in [1.82, 2.24) is 0 Å². The Hall–Kier alpha value is -1.77. The molecular weight excluding hydrogens is 359 g/mol. The van der Waals surface area contributed by atoms with Gasteiger partial charge < -0.3 is 9.05 Å². The second kappa shape index (κ2) is 11.8. The van der Waals surface area contributed by atoms with E-state index in [1.54, 1.807) is 24.3 Å². The largest absolute Gasteiger partial charge is 0.587 e. The SMILES string of the molecule is CCCCCCCCCOP(=O)(Oc1ccccc1)Oc1ccc(C)cc1. The molecule has 0 fully saturated rings. The molecule has 27 heavy (non-hydrogen) atoms. The molecule has 0 amide bonds. The molecule has 0 aliphatic heterocycles. The lowest BCUT2D eigenvalue weighted by atomic mass is 10.1. The summed E-state index contributed by atoms with van der Waals surface area (Å²) in [4.78, 5) is 0. The lowest BCUT2D eigenvalue weighted by Crippen LogP contribution is -2.06. The maximum Gasteiger partial charge on any atom is 0.587 e. The summed E-state index contributed by atoms with van der Waals surface area (Å²) in [6, 6.07) is 16.3. The van der Waals surface area contributed by atoms with Crippen LogP contribution >= 0.6 is 7.82 Å². The van der Waals surface area contributed by atoms with Crippen molar-refractivity contribution in [2.24, 2.45) is 0 Å². The number of phosphoric ester groups is 1. The molecule has 1 atom stereocenters. The molecule has 1 unspecified atom stereocenters. The van der Waals surface area contributed by atoms with Gasteiger partial charge in [-0.3, -0.25) is 4.52 Å². The van der Waals surface area contributed by atoms with Crippen molar-refractivity contribution in [3.63, 3.8) is 0 Å². The third kappa shape index (κ3) is 8.64. The van der Waals surface area contributed by atoms with Crippen molar-refractivity contribution in [3.8, 4) is 11.5 Å². The summed E-state index contributed by atoms with van der Waals surface area (Å²) in [7, 11) is -3.74. The first-order valence-electron chi connectivity index (χ1n) is 9.87. The predicted molar refractivity (Wildman–Crippen MR) is 110 cm³/mol. The molecule has 0 aliphatic carbocycles. The summed E-state index contributed by atoms with van der Waals surface area (Å²) in [5.41, 5.74) is 1.10. The summed E-state index contributed by atoms with van der Waals surface area (Å²) in [5, 5.41) is 0. The third-order valence-electron chi connectivity index (χ3n) is 4.20. The Kier molecular flexibility index (Phi) is 9.44. The van der Waals surface area contributed by atoms with E-state index in [1.165, 1.54) is 32.1 Å². The van der Waals surface area contributed by atoms with Crippen LogP contribution in [0, 0.1) is 6.92 Å². The second-order valence-electron chi connectivity index (χ2n) is 6.71. The van der Waals surface area contributed by atoms with Gasteiger partial charge in [-0.1, -0.05) is 81.3 Å². The molecule has 148 valence electrons. The fraction of sp³-hybridized carbons (Fsp3) is 0.455. The molecule has 0 spiro atoms. The van der Waals surface area contributed by atoms with Gasteiger partial charge in [0.1, 0.15) is 11.5 Å². The summed E-state index contributed by atoms with van der Waals surface area (Å²) in [6.45, 7) is 4.55. The van der Waals surface area contributed by atoms with Gasteiger partial charge in [-0.05, 0) is 37.6 Å². The number of unbranched alkanes of at least 4 members (excludes halogenated alkanes) is 6. The first-order chi connectivity index (χ1) is 13.1. The van der Waals surface area contributed by atoms with Crippen LogP contribution in [0.5, 0.6) is 11.5 Å². The van der Waals surface area contributed by atoms with E-state index in [4.69, 9.17) is 13.6 Å². The zero-order valence-electron chi connectivity index (χ0n) is 16.4. The van der Waals surface area contributed by atoms with E-state index in [0.717, 1.165) is 18.4 Å². The van der Waals surface area contributed by atoms with Crippen LogP contribution in [-0.4, -0.2) is 6.61 Å². The first-order valence-corrected chi connectivity index (χ1v) is 11.3. The van der Waals surface area contributed by atoms with Gasteiger partial charge in [0.05, 0.1) is 6.61 Å². The predicted octanol–water partition coefficient (Wildman–Crippen LogP) is 7.33. The molecule has 0 saturated carbocycles. The zero-order valence-corrected chi connectivity index (χ0v) is 17.3. The quantitative estimate of drug-likeness (QED) is 0.265. The van der Waals surface area contributed by atoms with E-state index in [9.17, 15) is 4.57 Å². The van der Waals surface area contributed by atoms with Gasteiger partial charge in [0.2, 0.25) is 0 Å². The summed E-state index contributed by atoms with van der Waals surface area (Å²) in [5.74, 6) is 0.937. The average Bonchev–Trinajstić information content (AvgIpc) is 2.66. The number of aryl methyl sites for hydroxylation is 1. The van der Waals surface area contributed by atoms with Crippen molar-refractivity contribution in [2.75, 3.05) is 6.61 Å². The number of hydrogen-bond acceptors (Lipinski definition) is 4. The monoisotopic (exact) mass is 390 g/mol. The van der Waals surface area contributed by atoms with Gasteiger partial charge in [-0.15, -0.1) is 0 Å². The summed E-state index contributed by atoms with van der Waals surface area (Å²) >= 11 is 0. The van der Waals surface area contributed by atoms with Crippen LogP contribution in [-0.2, 0) is 9.09 Å². The number of benzene rings is 2. The van der Waals surface area contributed by atoms with Crippen LogP contribution < -0.4 is 9.05 Å². The molecule has 4 nitrogen and oxygen atoms in total. The van der Waals surface area contributed by atoms with Gasteiger partial charge in [-0.2, -0.15) is 0 Å². The fourth-order valence-electron chi connectivity index (χ4n) is 2.65. The van der Waals surface area contributed by atoms with Gasteiger partial charge >= 0.3 is 7.82 Å². The molecule has 5 heteroatoms. The molecule has 0 radical (unpaired) electrons. The number of phosphoric acid groups is 1. The maximum absolute atomic E-state index is 13.1. The van der Waals surface area contributed by atoms with Crippen LogP contribution in [0.2, 0.25) is 0 Å². The van der Waals surface area contributed by atoms with Crippen LogP contribution in [0.25, 0.3) is 0 Å². The lowest BCUT2D eigenvalue weighted by molar-refractivity contribution is 0.205. The smallest absolute Gasteiger partial charge is 0.395 e. The van der Waals surface area contributed by atoms with Crippen LogP contribution in [0.3, 0.4) is 0 Å². The highest BCUT2D eigenvalue weighted by Crippen LogP contribution is 2.49. The molecule has 0 aromatic heterocycles. The van der Waals surface area contributed by atoms with Crippen molar-refractivity contribution >= 4 is 7.82 Å².